The number of oxazole rings is 1. The minimum absolute atomic E-state index is 0.133. The molecule has 0 fully saturated rings. The Morgan fingerprint density at radius 3 is 2.75 bits per heavy atom. The maximum atomic E-state index is 12.9. The molecule has 2 aromatic carbocycles. The van der Waals surface area contributed by atoms with Gasteiger partial charge < -0.3 is 14.9 Å². The first kappa shape index (κ1) is 16.2. The molecule has 0 saturated carbocycles. The van der Waals surface area contributed by atoms with Crippen LogP contribution in [0.5, 0.6) is 0 Å². The Kier molecular flexibility index (Phi) is 4.61. The van der Waals surface area contributed by atoms with Gasteiger partial charge in [0.25, 0.3) is 0 Å². The highest BCUT2D eigenvalue weighted by molar-refractivity contribution is 9.10. The molecule has 7 heteroatoms. The number of halogens is 2. The number of hydrogen-bond donors (Lipinski definition) is 1. The van der Waals surface area contributed by atoms with Crippen molar-refractivity contribution in [2.45, 2.75) is 6.61 Å². The zero-order valence-corrected chi connectivity index (χ0v) is 13.9. The van der Waals surface area contributed by atoms with Crippen molar-refractivity contribution in [3.8, 4) is 11.3 Å². The summed E-state index contributed by atoms with van der Waals surface area (Å²) in [5, 5.41) is 0. The third kappa shape index (κ3) is 3.62. The standard InChI is InChI=1S/C17H12BrFN2O3/c18-11-3-6-14(20)13(7-11)17(22)23-9-16-21-8-15(24-16)10-1-4-12(19)5-2-10/h1-8H,9,20H2. The van der Waals surface area contributed by atoms with E-state index in [0.29, 0.717) is 17.0 Å². The van der Waals surface area contributed by atoms with Crippen LogP contribution in [0.2, 0.25) is 0 Å². The van der Waals surface area contributed by atoms with Crippen LogP contribution < -0.4 is 5.73 Å². The summed E-state index contributed by atoms with van der Waals surface area (Å²) >= 11 is 3.27. The molecule has 2 N–H and O–H groups in total. The first-order chi connectivity index (χ1) is 11.5. The third-order valence-corrected chi connectivity index (χ3v) is 3.74. The molecule has 0 aliphatic rings. The Labute approximate surface area is 145 Å². The largest absolute Gasteiger partial charge is 0.452 e. The molecule has 5 nitrogen and oxygen atoms in total. The summed E-state index contributed by atoms with van der Waals surface area (Å²) in [6.07, 6.45) is 1.49. The number of nitrogens with two attached hydrogens (primary N) is 1. The van der Waals surface area contributed by atoms with Crippen molar-refractivity contribution in [1.82, 2.24) is 4.98 Å². The van der Waals surface area contributed by atoms with E-state index in [2.05, 4.69) is 20.9 Å². The molecule has 0 amide bonds. The highest BCUT2D eigenvalue weighted by atomic mass is 79.9. The molecule has 3 rings (SSSR count). The fourth-order valence-electron chi connectivity index (χ4n) is 2.03. The van der Waals surface area contributed by atoms with Crippen LogP contribution in [0, 0.1) is 5.82 Å². The van der Waals surface area contributed by atoms with Crippen LogP contribution in [0.15, 0.2) is 57.6 Å². The number of anilines is 1. The van der Waals surface area contributed by atoms with E-state index in [1.54, 1.807) is 30.3 Å². The lowest BCUT2D eigenvalue weighted by atomic mass is 10.2. The van der Waals surface area contributed by atoms with Gasteiger partial charge in [-0.3, -0.25) is 0 Å². The predicted molar refractivity (Wildman–Crippen MR) is 89.6 cm³/mol. The minimum atomic E-state index is -0.574. The van der Waals surface area contributed by atoms with Gasteiger partial charge in [-0.2, -0.15) is 0 Å². The molecular weight excluding hydrogens is 379 g/mol. The first-order valence-corrected chi connectivity index (χ1v) is 7.75. The highest BCUT2D eigenvalue weighted by Crippen LogP contribution is 2.22. The van der Waals surface area contributed by atoms with Gasteiger partial charge in [0.05, 0.1) is 11.8 Å². The molecular formula is C17H12BrFN2O3. The zero-order valence-electron chi connectivity index (χ0n) is 12.3. The van der Waals surface area contributed by atoms with Gasteiger partial charge in [0, 0.05) is 15.7 Å². The Morgan fingerprint density at radius 1 is 1.25 bits per heavy atom. The van der Waals surface area contributed by atoms with Gasteiger partial charge in [-0.25, -0.2) is 14.2 Å². The molecule has 0 aliphatic carbocycles. The normalized spacial score (nSPS) is 10.6. The Morgan fingerprint density at radius 2 is 2.00 bits per heavy atom. The summed E-state index contributed by atoms with van der Waals surface area (Å²) in [7, 11) is 0. The van der Waals surface area contributed by atoms with Gasteiger partial charge in [-0.1, -0.05) is 15.9 Å². The van der Waals surface area contributed by atoms with Crippen LogP contribution in [0.3, 0.4) is 0 Å². The second-order valence-corrected chi connectivity index (χ2v) is 5.85. The molecule has 122 valence electrons. The maximum absolute atomic E-state index is 12.9. The van der Waals surface area contributed by atoms with E-state index < -0.39 is 5.97 Å². The number of ether oxygens (including phenoxy) is 1. The molecule has 0 saturated heterocycles. The molecule has 3 aromatic rings. The molecule has 0 atom stereocenters. The van der Waals surface area contributed by atoms with Crippen LogP contribution in [-0.4, -0.2) is 11.0 Å². The van der Waals surface area contributed by atoms with Crippen molar-refractivity contribution >= 4 is 27.6 Å². The van der Waals surface area contributed by atoms with Crippen LogP contribution in [0.25, 0.3) is 11.3 Å². The average molecular weight is 391 g/mol. The number of aromatic nitrogens is 1. The fraction of sp³-hybridized carbons (Fsp3) is 0.0588. The summed E-state index contributed by atoms with van der Waals surface area (Å²) in [5.74, 6) is -0.214. The SMILES string of the molecule is Nc1ccc(Br)cc1C(=O)OCc1ncc(-c2ccc(F)cc2)o1. The Hall–Kier alpha value is -2.67. The molecule has 1 heterocycles. The van der Waals surface area contributed by atoms with Crippen molar-refractivity contribution < 1.29 is 18.3 Å². The highest BCUT2D eigenvalue weighted by Gasteiger charge is 2.14. The minimum Gasteiger partial charge on any atom is -0.452 e. The van der Waals surface area contributed by atoms with Crippen LogP contribution in [0.4, 0.5) is 10.1 Å². The quantitative estimate of drug-likeness (QED) is 0.533. The number of esters is 1. The number of rotatable bonds is 4. The number of carbonyl (C=O) groups excluding carboxylic acids is 1. The smallest absolute Gasteiger partial charge is 0.340 e. The molecule has 0 unspecified atom stereocenters. The predicted octanol–water partition coefficient (Wildman–Crippen LogP) is 4.18. The lowest BCUT2D eigenvalue weighted by Gasteiger charge is -2.05. The van der Waals surface area contributed by atoms with Crippen molar-refractivity contribution in [3.05, 3.63) is 70.4 Å². The van der Waals surface area contributed by atoms with Crippen molar-refractivity contribution in [2.24, 2.45) is 0 Å². The Balaban J connectivity index is 1.68. The second kappa shape index (κ2) is 6.84. The van der Waals surface area contributed by atoms with Crippen LogP contribution in [-0.2, 0) is 11.3 Å². The van der Waals surface area contributed by atoms with E-state index in [1.165, 1.54) is 18.3 Å². The number of nitrogen functional groups attached to an aromatic ring is 1. The molecule has 0 radical (unpaired) electrons. The van der Waals surface area contributed by atoms with Crippen LogP contribution in [0.1, 0.15) is 16.2 Å². The van der Waals surface area contributed by atoms with Crippen molar-refractivity contribution in [3.63, 3.8) is 0 Å². The maximum Gasteiger partial charge on any atom is 0.340 e. The van der Waals surface area contributed by atoms with Gasteiger partial charge >= 0.3 is 5.97 Å². The van der Waals surface area contributed by atoms with Gasteiger partial charge in [0.2, 0.25) is 5.89 Å². The summed E-state index contributed by atoms with van der Waals surface area (Å²) in [6.45, 7) is -0.133. The van der Waals surface area contributed by atoms with Gasteiger partial charge in [0.1, 0.15) is 5.82 Å². The van der Waals surface area contributed by atoms with Gasteiger partial charge in [0.15, 0.2) is 12.4 Å². The molecule has 0 spiro atoms. The van der Waals surface area contributed by atoms with E-state index in [1.807, 2.05) is 0 Å². The van der Waals surface area contributed by atoms with Crippen LogP contribution >= 0.6 is 15.9 Å². The molecule has 1 aromatic heterocycles. The Bertz CT molecular complexity index is 878. The third-order valence-electron chi connectivity index (χ3n) is 3.24. The van der Waals surface area contributed by atoms with Gasteiger partial charge in [-0.15, -0.1) is 0 Å². The molecule has 0 bridgehead atoms. The number of benzene rings is 2. The second-order valence-electron chi connectivity index (χ2n) is 4.93. The topological polar surface area (TPSA) is 78.4 Å². The summed E-state index contributed by atoms with van der Waals surface area (Å²) in [4.78, 5) is 16.1. The van der Waals surface area contributed by atoms with E-state index in [4.69, 9.17) is 14.9 Å². The lowest BCUT2D eigenvalue weighted by molar-refractivity contribution is 0.0440. The number of nitrogens with zero attached hydrogens (tertiary/aromatic N) is 1. The first-order valence-electron chi connectivity index (χ1n) is 6.96. The molecule has 0 aliphatic heterocycles. The average Bonchev–Trinajstić information content (AvgIpc) is 3.04. The fourth-order valence-corrected chi connectivity index (χ4v) is 2.40. The lowest BCUT2D eigenvalue weighted by Crippen LogP contribution is -2.08. The number of carbonyl (C=O) groups is 1. The van der Waals surface area contributed by atoms with Crippen molar-refractivity contribution in [2.75, 3.05) is 5.73 Å². The summed E-state index contributed by atoms with van der Waals surface area (Å²) < 4.78 is 24.3. The number of hydrogen-bond acceptors (Lipinski definition) is 5. The van der Waals surface area contributed by atoms with Gasteiger partial charge in [-0.05, 0) is 42.5 Å². The summed E-state index contributed by atoms with van der Waals surface area (Å²) in [5.41, 5.74) is 7.02. The zero-order chi connectivity index (χ0) is 17.1. The van der Waals surface area contributed by atoms with E-state index >= 15 is 0 Å². The van der Waals surface area contributed by atoms with E-state index in [-0.39, 0.29) is 23.9 Å². The molecule has 24 heavy (non-hydrogen) atoms. The van der Waals surface area contributed by atoms with Crippen molar-refractivity contribution in [1.29, 1.82) is 0 Å². The van der Waals surface area contributed by atoms with E-state index in [0.717, 1.165) is 4.47 Å². The van der Waals surface area contributed by atoms with E-state index in [9.17, 15) is 9.18 Å². The summed E-state index contributed by atoms with van der Waals surface area (Å²) in [6, 6.07) is 10.7. The monoisotopic (exact) mass is 390 g/mol.